The molecule has 88 valence electrons. The second-order valence-electron chi connectivity index (χ2n) is 3.20. The maximum absolute atomic E-state index is 10.4. The van der Waals surface area contributed by atoms with Crippen molar-refractivity contribution in [3.8, 4) is 0 Å². The minimum atomic E-state index is -0.419. The second kappa shape index (κ2) is 8.06. The van der Waals surface area contributed by atoms with E-state index in [-0.39, 0.29) is 0 Å². The first-order valence-electron chi connectivity index (χ1n) is 4.62. The van der Waals surface area contributed by atoms with Gasteiger partial charge in [0.25, 0.3) is 0 Å². The molecule has 3 N–H and O–H groups in total. The zero-order chi connectivity index (χ0) is 12.6. The Bertz CT molecular complexity index is 341. The third-order valence-corrected chi connectivity index (χ3v) is 1.62. The highest BCUT2D eigenvalue weighted by atomic mass is 32.1. The molecule has 0 saturated heterocycles. The van der Waals surface area contributed by atoms with Crippen LogP contribution >= 0.6 is 24.8 Å². The molecule has 4 nitrogen and oxygen atoms in total. The summed E-state index contributed by atoms with van der Waals surface area (Å²) in [5.74, 6) is -0.419. The van der Waals surface area contributed by atoms with Gasteiger partial charge < -0.3 is 11.1 Å². The van der Waals surface area contributed by atoms with Gasteiger partial charge in [-0.1, -0.05) is 12.2 Å². The van der Waals surface area contributed by atoms with E-state index in [2.05, 4.69) is 35.1 Å². The van der Waals surface area contributed by atoms with Gasteiger partial charge in [-0.2, -0.15) is 0 Å². The van der Waals surface area contributed by atoms with Crippen LogP contribution in [0.5, 0.6) is 0 Å². The molecule has 6 heteroatoms. The smallest absolute Gasteiger partial charge is 0.248 e. The SMILES string of the molecule is CC(C)NC(=S)S.NC(=O)c1ccncc1. The average Bonchev–Trinajstić information content (AvgIpc) is 2.17. The summed E-state index contributed by atoms with van der Waals surface area (Å²) in [6.45, 7) is 4.03. The summed E-state index contributed by atoms with van der Waals surface area (Å²) in [7, 11) is 0. The molecule has 1 aromatic heterocycles. The minimum absolute atomic E-state index is 0.407. The van der Waals surface area contributed by atoms with Gasteiger partial charge in [0.15, 0.2) is 0 Å². The fourth-order valence-electron chi connectivity index (χ4n) is 0.763. The van der Waals surface area contributed by atoms with Crippen molar-refractivity contribution < 1.29 is 4.79 Å². The van der Waals surface area contributed by atoms with Gasteiger partial charge in [-0.25, -0.2) is 0 Å². The van der Waals surface area contributed by atoms with Crippen molar-refractivity contribution in [2.45, 2.75) is 19.9 Å². The summed E-state index contributed by atoms with van der Waals surface area (Å²) in [6.07, 6.45) is 3.06. The first-order valence-corrected chi connectivity index (χ1v) is 5.48. The molecular weight excluding hydrogens is 242 g/mol. The van der Waals surface area contributed by atoms with E-state index >= 15 is 0 Å². The largest absolute Gasteiger partial charge is 0.369 e. The molecule has 1 heterocycles. The van der Waals surface area contributed by atoms with Gasteiger partial charge in [0, 0.05) is 24.0 Å². The summed E-state index contributed by atoms with van der Waals surface area (Å²) in [6, 6.07) is 3.55. The van der Waals surface area contributed by atoms with Gasteiger partial charge in [-0.3, -0.25) is 9.78 Å². The third kappa shape index (κ3) is 8.19. The van der Waals surface area contributed by atoms with E-state index in [0.717, 1.165) is 0 Å². The number of rotatable bonds is 2. The average molecular weight is 257 g/mol. The van der Waals surface area contributed by atoms with Crippen LogP contribution in [0.2, 0.25) is 0 Å². The molecule has 0 aliphatic heterocycles. The summed E-state index contributed by atoms with van der Waals surface area (Å²) in [4.78, 5) is 14.1. The normalized spacial score (nSPS) is 9.00. The number of nitrogens with one attached hydrogen (secondary N) is 1. The van der Waals surface area contributed by atoms with E-state index in [1.807, 2.05) is 13.8 Å². The fourth-order valence-corrected chi connectivity index (χ4v) is 1.26. The lowest BCUT2D eigenvalue weighted by Gasteiger charge is -2.03. The van der Waals surface area contributed by atoms with E-state index < -0.39 is 5.91 Å². The fraction of sp³-hybridized carbons (Fsp3) is 0.300. The summed E-state index contributed by atoms with van der Waals surface area (Å²) in [5.41, 5.74) is 5.44. The number of hydrogen-bond donors (Lipinski definition) is 3. The molecule has 16 heavy (non-hydrogen) atoms. The Morgan fingerprint density at radius 1 is 1.50 bits per heavy atom. The molecule has 0 aliphatic rings. The van der Waals surface area contributed by atoms with Crippen molar-refractivity contribution in [3.63, 3.8) is 0 Å². The number of pyridine rings is 1. The van der Waals surface area contributed by atoms with Gasteiger partial charge in [-0.15, -0.1) is 12.6 Å². The minimum Gasteiger partial charge on any atom is -0.369 e. The zero-order valence-electron chi connectivity index (χ0n) is 9.18. The highest BCUT2D eigenvalue weighted by Gasteiger charge is 1.94. The van der Waals surface area contributed by atoms with Crippen molar-refractivity contribution in [1.29, 1.82) is 0 Å². The van der Waals surface area contributed by atoms with Crippen LogP contribution in [0.15, 0.2) is 24.5 Å². The van der Waals surface area contributed by atoms with Crippen LogP contribution in [0.25, 0.3) is 0 Å². The van der Waals surface area contributed by atoms with Crippen LogP contribution in [0.4, 0.5) is 0 Å². The van der Waals surface area contributed by atoms with Crippen LogP contribution in [0.3, 0.4) is 0 Å². The van der Waals surface area contributed by atoms with Crippen molar-refractivity contribution in [2.75, 3.05) is 0 Å². The van der Waals surface area contributed by atoms with Gasteiger partial charge in [0.05, 0.1) is 0 Å². The number of carbonyl (C=O) groups excluding carboxylic acids is 1. The number of carbonyl (C=O) groups is 1. The van der Waals surface area contributed by atoms with Gasteiger partial charge >= 0.3 is 0 Å². The predicted octanol–water partition coefficient (Wildman–Crippen LogP) is 1.38. The predicted molar refractivity (Wildman–Crippen MR) is 72.6 cm³/mol. The first kappa shape index (κ1) is 14.9. The van der Waals surface area contributed by atoms with E-state index in [4.69, 9.17) is 5.73 Å². The molecule has 1 amide bonds. The molecule has 0 saturated carbocycles. The van der Waals surface area contributed by atoms with Gasteiger partial charge in [0.2, 0.25) is 5.91 Å². The molecule has 1 rings (SSSR count). The van der Waals surface area contributed by atoms with Crippen molar-refractivity contribution in [1.82, 2.24) is 10.3 Å². The zero-order valence-corrected chi connectivity index (χ0v) is 10.9. The Morgan fingerprint density at radius 3 is 2.19 bits per heavy atom. The standard InChI is InChI=1S/C6H6N2O.C4H9NS2/c7-6(9)5-1-3-8-4-2-5;1-3(2)5-4(6)7/h1-4H,(H2,7,9);3H,1-2H3,(H2,5,6,7). The number of hydrogen-bond acceptors (Lipinski definition) is 3. The van der Waals surface area contributed by atoms with Crippen LogP contribution in [-0.4, -0.2) is 21.3 Å². The third-order valence-electron chi connectivity index (χ3n) is 1.38. The summed E-state index contributed by atoms with van der Waals surface area (Å²) in [5, 5.41) is 2.90. The monoisotopic (exact) mass is 257 g/mol. The Labute approximate surface area is 106 Å². The summed E-state index contributed by atoms with van der Waals surface area (Å²) < 4.78 is 0.565. The number of amides is 1. The Balaban J connectivity index is 0.000000293. The molecular formula is C10H15N3OS2. The van der Waals surface area contributed by atoms with Crippen LogP contribution in [0, 0.1) is 0 Å². The van der Waals surface area contributed by atoms with E-state index in [1.165, 1.54) is 12.4 Å². The highest BCUT2D eigenvalue weighted by Crippen LogP contribution is 1.91. The van der Waals surface area contributed by atoms with Crippen LogP contribution < -0.4 is 11.1 Å². The quantitative estimate of drug-likeness (QED) is 0.553. The lowest BCUT2D eigenvalue weighted by molar-refractivity contribution is 0.1000. The van der Waals surface area contributed by atoms with Crippen molar-refractivity contribution in [2.24, 2.45) is 5.73 Å². The first-order chi connectivity index (χ1) is 7.43. The maximum Gasteiger partial charge on any atom is 0.248 e. The number of nitrogens with two attached hydrogens (primary N) is 1. The number of nitrogens with zero attached hydrogens (tertiary/aromatic N) is 1. The Morgan fingerprint density at radius 2 is 2.00 bits per heavy atom. The van der Waals surface area contributed by atoms with Crippen LogP contribution in [0.1, 0.15) is 24.2 Å². The Hall–Kier alpha value is -1.14. The molecule has 0 spiro atoms. The Kier molecular flexibility index (Phi) is 7.49. The lowest BCUT2D eigenvalue weighted by Crippen LogP contribution is -2.24. The molecule has 0 aromatic carbocycles. The van der Waals surface area contributed by atoms with E-state index in [0.29, 0.717) is 15.9 Å². The second-order valence-corrected chi connectivity index (χ2v) is 4.36. The molecule has 0 aliphatic carbocycles. The topological polar surface area (TPSA) is 68.0 Å². The molecule has 0 fully saturated rings. The van der Waals surface area contributed by atoms with Crippen molar-refractivity contribution in [3.05, 3.63) is 30.1 Å². The van der Waals surface area contributed by atoms with Gasteiger partial charge in [-0.05, 0) is 26.0 Å². The van der Waals surface area contributed by atoms with Gasteiger partial charge in [0.1, 0.15) is 4.32 Å². The number of primary amides is 1. The highest BCUT2D eigenvalue weighted by molar-refractivity contribution is 8.11. The maximum atomic E-state index is 10.4. The molecule has 0 radical (unpaired) electrons. The number of thiocarbonyl (C=S) groups is 1. The lowest BCUT2D eigenvalue weighted by atomic mass is 10.3. The van der Waals surface area contributed by atoms with E-state index in [1.54, 1.807) is 12.1 Å². The molecule has 0 atom stereocenters. The van der Waals surface area contributed by atoms with E-state index in [9.17, 15) is 4.79 Å². The molecule has 1 aromatic rings. The summed E-state index contributed by atoms with van der Waals surface area (Å²) >= 11 is 8.48. The van der Waals surface area contributed by atoms with Crippen molar-refractivity contribution >= 4 is 35.1 Å². The number of thiol groups is 1. The number of aromatic nitrogens is 1. The molecule has 0 bridgehead atoms. The molecule has 0 unspecified atom stereocenters. The van der Waals surface area contributed by atoms with Crippen LogP contribution in [-0.2, 0) is 0 Å².